The summed E-state index contributed by atoms with van der Waals surface area (Å²) in [6.07, 6.45) is 11.7. The van der Waals surface area contributed by atoms with Gasteiger partial charge in [-0.2, -0.15) is 0 Å². The lowest BCUT2D eigenvalue weighted by Gasteiger charge is -2.42. The lowest BCUT2D eigenvalue weighted by Crippen LogP contribution is -2.51. The van der Waals surface area contributed by atoms with Gasteiger partial charge in [-0.1, -0.05) is 50.1 Å². The number of carbonyl (C=O) groups is 2. The first kappa shape index (κ1) is 25.2. The molecule has 5 heteroatoms. The van der Waals surface area contributed by atoms with Crippen LogP contribution in [0.4, 0.5) is 0 Å². The first-order chi connectivity index (χ1) is 16.6. The number of benzene rings is 1. The maximum atomic E-state index is 13.2. The van der Waals surface area contributed by atoms with Crippen molar-refractivity contribution in [1.82, 2.24) is 14.7 Å². The quantitative estimate of drug-likeness (QED) is 0.518. The fraction of sp³-hybridized carbons (Fsp3) is 0.724. The normalized spacial score (nSPS) is 21.7. The van der Waals surface area contributed by atoms with Crippen molar-refractivity contribution in [3.05, 3.63) is 35.9 Å². The monoisotopic (exact) mass is 467 g/mol. The maximum absolute atomic E-state index is 13.2. The van der Waals surface area contributed by atoms with E-state index < -0.39 is 0 Å². The fourth-order valence-electron chi connectivity index (χ4n) is 6.24. The van der Waals surface area contributed by atoms with Gasteiger partial charge in [0.1, 0.15) is 0 Å². The molecule has 3 aliphatic heterocycles. The van der Waals surface area contributed by atoms with E-state index in [1.807, 2.05) is 0 Å². The molecule has 3 fully saturated rings. The highest BCUT2D eigenvalue weighted by Gasteiger charge is 2.34. The van der Waals surface area contributed by atoms with E-state index >= 15 is 0 Å². The number of piperidine rings is 3. The molecular weight excluding hydrogens is 422 g/mol. The molecule has 1 aromatic carbocycles. The molecule has 3 heterocycles. The number of hydrogen-bond donors (Lipinski definition) is 0. The molecular formula is C29H45N3O2. The molecule has 5 nitrogen and oxygen atoms in total. The molecule has 0 bridgehead atoms. The van der Waals surface area contributed by atoms with Gasteiger partial charge in [-0.05, 0) is 75.9 Å². The van der Waals surface area contributed by atoms with Crippen molar-refractivity contribution in [3.8, 4) is 0 Å². The van der Waals surface area contributed by atoms with E-state index in [0.717, 1.165) is 103 Å². The van der Waals surface area contributed by atoms with Crippen molar-refractivity contribution >= 4 is 11.8 Å². The van der Waals surface area contributed by atoms with Gasteiger partial charge in [-0.15, -0.1) is 0 Å². The second-order valence-electron chi connectivity index (χ2n) is 10.8. The molecule has 4 rings (SSSR count). The zero-order valence-electron chi connectivity index (χ0n) is 21.3. The van der Waals surface area contributed by atoms with Gasteiger partial charge in [0.05, 0.1) is 0 Å². The molecule has 3 aliphatic rings. The van der Waals surface area contributed by atoms with Crippen LogP contribution in [0.3, 0.4) is 0 Å². The summed E-state index contributed by atoms with van der Waals surface area (Å²) in [5.74, 6) is 1.67. The number of nitrogens with zero attached hydrogens (tertiary/aromatic N) is 3. The molecule has 0 aromatic heterocycles. The van der Waals surface area contributed by atoms with Crippen molar-refractivity contribution < 1.29 is 9.59 Å². The van der Waals surface area contributed by atoms with Crippen LogP contribution in [0.1, 0.15) is 76.7 Å². The molecule has 0 radical (unpaired) electrons. The van der Waals surface area contributed by atoms with Gasteiger partial charge in [0, 0.05) is 44.6 Å². The molecule has 188 valence electrons. The highest BCUT2D eigenvalue weighted by molar-refractivity contribution is 5.79. The highest BCUT2D eigenvalue weighted by Crippen LogP contribution is 2.28. The van der Waals surface area contributed by atoms with E-state index in [-0.39, 0.29) is 5.92 Å². The summed E-state index contributed by atoms with van der Waals surface area (Å²) in [7, 11) is 0. The predicted octanol–water partition coefficient (Wildman–Crippen LogP) is 4.75. The summed E-state index contributed by atoms with van der Waals surface area (Å²) in [6, 6.07) is 11.4. The van der Waals surface area contributed by atoms with Crippen LogP contribution >= 0.6 is 0 Å². The number of carbonyl (C=O) groups excluding carboxylic acids is 2. The van der Waals surface area contributed by atoms with Gasteiger partial charge in [-0.25, -0.2) is 0 Å². The number of amides is 2. The van der Waals surface area contributed by atoms with Crippen molar-refractivity contribution in [2.75, 3.05) is 39.3 Å². The number of unbranched alkanes of at least 4 members (excludes halogenated alkanes) is 2. The van der Waals surface area contributed by atoms with Crippen LogP contribution in [0.2, 0.25) is 0 Å². The van der Waals surface area contributed by atoms with E-state index in [1.54, 1.807) is 0 Å². The van der Waals surface area contributed by atoms with Crippen LogP contribution in [0.5, 0.6) is 0 Å². The highest BCUT2D eigenvalue weighted by atomic mass is 16.2. The van der Waals surface area contributed by atoms with E-state index in [1.165, 1.54) is 12.0 Å². The minimum Gasteiger partial charge on any atom is -0.343 e. The Morgan fingerprint density at radius 1 is 0.794 bits per heavy atom. The number of rotatable bonds is 8. The average Bonchev–Trinajstić information content (AvgIpc) is 2.90. The predicted molar refractivity (Wildman–Crippen MR) is 137 cm³/mol. The lowest BCUT2D eigenvalue weighted by atomic mass is 9.88. The van der Waals surface area contributed by atoms with Gasteiger partial charge < -0.3 is 14.7 Å². The van der Waals surface area contributed by atoms with Gasteiger partial charge in [0.15, 0.2) is 0 Å². The maximum Gasteiger partial charge on any atom is 0.225 e. The molecule has 0 N–H and O–H groups in total. The van der Waals surface area contributed by atoms with E-state index in [9.17, 15) is 9.59 Å². The summed E-state index contributed by atoms with van der Waals surface area (Å²) < 4.78 is 0. The molecule has 0 saturated carbocycles. The van der Waals surface area contributed by atoms with Crippen LogP contribution in [0.15, 0.2) is 30.3 Å². The Balaban J connectivity index is 1.14. The molecule has 0 atom stereocenters. The molecule has 0 unspecified atom stereocenters. The fourth-order valence-corrected chi connectivity index (χ4v) is 6.24. The third-order valence-corrected chi connectivity index (χ3v) is 8.50. The third kappa shape index (κ3) is 6.84. The van der Waals surface area contributed by atoms with Gasteiger partial charge >= 0.3 is 0 Å². The molecule has 2 amide bonds. The molecule has 34 heavy (non-hydrogen) atoms. The minimum atomic E-state index is 0.210. The van der Waals surface area contributed by atoms with Crippen molar-refractivity contribution in [1.29, 1.82) is 0 Å². The average molecular weight is 468 g/mol. The first-order valence-corrected chi connectivity index (χ1v) is 14.0. The van der Waals surface area contributed by atoms with Crippen LogP contribution in [0.25, 0.3) is 0 Å². The first-order valence-electron chi connectivity index (χ1n) is 14.0. The summed E-state index contributed by atoms with van der Waals surface area (Å²) >= 11 is 0. The zero-order valence-corrected chi connectivity index (χ0v) is 21.3. The SMILES string of the molecule is CCCCCC(=O)N1CCC(N2CCC(C(=O)N3CCC(Cc4ccccc4)CC3)CC2)CC1. The zero-order chi connectivity index (χ0) is 23.8. The Bertz CT molecular complexity index is 759. The second kappa shape index (κ2) is 12.7. The molecule has 3 saturated heterocycles. The Morgan fingerprint density at radius 2 is 1.44 bits per heavy atom. The van der Waals surface area contributed by atoms with Crippen LogP contribution in [-0.2, 0) is 16.0 Å². The Labute approximate surface area is 206 Å². The summed E-state index contributed by atoms with van der Waals surface area (Å²) in [6.45, 7) is 7.94. The smallest absolute Gasteiger partial charge is 0.225 e. The Kier molecular flexibility index (Phi) is 9.43. The van der Waals surface area contributed by atoms with E-state index in [4.69, 9.17) is 0 Å². The lowest BCUT2D eigenvalue weighted by molar-refractivity contribution is -0.139. The van der Waals surface area contributed by atoms with Crippen molar-refractivity contribution in [2.45, 2.75) is 83.6 Å². The molecule has 0 spiro atoms. The molecule has 1 aromatic rings. The Morgan fingerprint density at radius 3 is 2.09 bits per heavy atom. The van der Waals surface area contributed by atoms with Crippen molar-refractivity contribution in [3.63, 3.8) is 0 Å². The van der Waals surface area contributed by atoms with Gasteiger partial charge in [-0.3, -0.25) is 9.59 Å². The Hall–Kier alpha value is -1.88. The van der Waals surface area contributed by atoms with Gasteiger partial charge in [0.25, 0.3) is 0 Å². The topological polar surface area (TPSA) is 43.9 Å². The third-order valence-electron chi connectivity index (χ3n) is 8.50. The summed E-state index contributed by atoms with van der Waals surface area (Å²) in [4.78, 5) is 32.4. The minimum absolute atomic E-state index is 0.210. The summed E-state index contributed by atoms with van der Waals surface area (Å²) in [5.41, 5.74) is 1.42. The van der Waals surface area contributed by atoms with Crippen LogP contribution in [-0.4, -0.2) is 71.8 Å². The van der Waals surface area contributed by atoms with Crippen molar-refractivity contribution in [2.24, 2.45) is 11.8 Å². The van der Waals surface area contributed by atoms with Crippen LogP contribution in [0, 0.1) is 11.8 Å². The summed E-state index contributed by atoms with van der Waals surface area (Å²) in [5, 5.41) is 0. The number of likely N-dealkylation sites (tertiary alicyclic amines) is 3. The number of hydrogen-bond acceptors (Lipinski definition) is 3. The van der Waals surface area contributed by atoms with Gasteiger partial charge in [0.2, 0.25) is 11.8 Å². The molecule has 0 aliphatic carbocycles. The van der Waals surface area contributed by atoms with E-state index in [0.29, 0.717) is 23.8 Å². The largest absolute Gasteiger partial charge is 0.343 e. The van der Waals surface area contributed by atoms with Crippen LogP contribution < -0.4 is 0 Å². The second-order valence-corrected chi connectivity index (χ2v) is 10.8. The van der Waals surface area contributed by atoms with E-state index in [2.05, 4.69) is 52.0 Å². The standard InChI is InChI=1S/C29H45N3O2/c1-2-3-5-10-28(33)31-21-15-27(16-22-31)30-19-13-26(14-20-30)29(34)32-17-11-25(12-18-32)23-24-8-6-4-7-9-24/h4,6-9,25-27H,2-3,5,10-23H2,1H3.